The molecule has 0 amide bonds. The van der Waals surface area contributed by atoms with Crippen molar-refractivity contribution in [3.8, 4) is 0 Å². The van der Waals surface area contributed by atoms with E-state index in [0.717, 1.165) is 0 Å². The number of esters is 1. The zero-order chi connectivity index (χ0) is 15.1. The fourth-order valence-electron chi connectivity index (χ4n) is 1.58. The van der Waals surface area contributed by atoms with E-state index in [0.29, 0.717) is 6.54 Å². The van der Waals surface area contributed by atoms with E-state index in [9.17, 15) is 13.2 Å². The van der Waals surface area contributed by atoms with E-state index < -0.39 is 10.0 Å². The molecule has 19 heavy (non-hydrogen) atoms. The van der Waals surface area contributed by atoms with Crippen LogP contribution in [0.25, 0.3) is 0 Å². The quantitative estimate of drug-likeness (QED) is 0.625. The molecular formula is C12H26N2O4S. The summed E-state index contributed by atoms with van der Waals surface area (Å²) < 4.78 is 31.0. The van der Waals surface area contributed by atoms with Gasteiger partial charge in [-0.1, -0.05) is 13.8 Å². The van der Waals surface area contributed by atoms with Gasteiger partial charge in [0.2, 0.25) is 10.0 Å². The van der Waals surface area contributed by atoms with Gasteiger partial charge in [0.25, 0.3) is 0 Å². The molecule has 0 saturated heterocycles. The van der Waals surface area contributed by atoms with Gasteiger partial charge in [-0.3, -0.25) is 4.79 Å². The summed E-state index contributed by atoms with van der Waals surface area (Å²) in [5, 5.41) is 0. The lowest BCUT2D eigenvalue weighted by Crippen LogP contribution is -2.45. The van der Waals surface area contributed by atoms with Crippen LogP contribution in [0.5, 0.6) is 0 Å². The maximum Gasteiger partial charge on any atom is 0.305 e. The van der Waals surface area contributed by atoms with Crippen molar-refractivity contribution in [3.63, 3.8) is 0 Å². The fourth-order valence-corrected chi connectivity index (χ4v) is 3.03. The standard InChI is InChI=1S/C12H26N2O4S/c1-10(2)11(9-14(3)4)13-19(16,17)8-6-7-12(15)18-5/h10-11,13H,6-9H2,1-5H3. The second-order valence-electron chi connectivity index (χ2n) is 5.23. The van der Waals surface area contributed by atoms with Crippen LogP contribution < -0.4 is 4.72 Å². The fraction of sp³-hybridized carbons (Fsp3) is 0.917. The summed E-state index contributed by atoms with van der Waals surface area (Å²) in [6.45, 7) is 4.60. The van der Waals surface area contributed by atoms with E-state index in [2.05, 4.69) is 9.46 Å². The predicted molar refractivity (Wildman–Crippen MR) is 75.4 cm³/mol. The average Bonchev–Trinajstić information content (AvgIpc) is 2.26. The first kappa shape index (κ1) is 18.3. The van der Waals surface area contributed by atoms with Gasteiger partial charge in [0.1, 0.15) is 0 Å². The molecular weight excluding hydrogens is 268 g/mol. The number of hydrogen-bond donors (Lipinski definition) is 1. The Balaban J connectivity index is 4.35. The predicted octanol–water partition coefficient (Wildman–Crippen LogP) is 0.445. The van der Waals surface area contributed by atoms with Crippen LogP contribution >= 0.6 is 0 Å². The molecule has 0 fully saturated rings. The number of likely N-dealkylation sites (N-methyl/N-ethyl adjacent to an activating group) is 1. The Morgan fingerprint density at radius 2 is 1.89 bits per heavy atom. The van der Waals surface area contributed by atoms with Gasteiger partial charge >= 0.3 is 5.97 Å². The van der Waals surface area contributed by atoms with E-state index in [1.165, 1.54) is 7.11 Å². The molecule has 0 aliphatic carbocycles. The molecule has 1 N–H and O–H groups in total. The molecule has 0 aromatic rings. The molecule has 0 aromatic heterocycles. The molecule has 114 valence electrons. The van der Waals surface area contributed by atoms with Crippen LogP contribution in [0.1, 0.15) is 26.7 Å². The van der Waals surface area contributed by atoms with E-state index in [1.807, 2.05) is 32.8 Å². The summed E-state index contributed by atoms with van der Waals surface area (Å²) in [5.74, 6) is -0.236. The van der Waals surface area contributed by atoms with Crippen LogP contribution in [-0.2, 0) is 19.6 Å². The van der Waals surface area contributed by atoms with Gasteiger partial charge in [0, 0.05) is 19.0 Å². The van der Waals surface area contributed by atoms with Crippen molar-refractivity contribution >= 4 is 16.0 Å². The molecule has 1 atom stereocenters. The highest BCUT2D eigenvalue weighted by Crippen LogP contribution is 2.06. The van der Waals surface area contributed by atoms with E-state index in [4.69, 9.17) is 0 Å². The highest BCUT2D eigenvalue weighted by atomic mass is 32.2. The Labute approximate surface area is 116 Å². The lowest BCUT2D eigenvalue weighted by molar-refractivity contribution is -0.140. The van der Waals surface area contributed by atoms with Crippen LogP contribution in [0.4, 0.5) is 0 Å². The maximum absolute atomic E-state index is 11.9. The van der Waals surface area contributed by atoms with Gasteiger partial charge in [0.15, 0.2) is 0 Å². The van der Waals surface area contributed by atoms with E-state index in [-0.39, 0.29) is 36.5 Å². The summed E-state index contributed by atoms with van der Waals surface area (Å²) in [5.41, 5.74) is 0. The molecule has 0 heterocycles. The SMILES string of the molecule is COC(=O)CCCS(=O)(=O)NC(CN(C)C)C(C)C. The highest BCUT2D eigenvalue weighted by Gasteiger charge is 2.21. The summed E-state index contributed by atoms with van der Waals surface area (Å²) in [6.07, 6.45) is 0.395. The van der Waals surface area contributed by atoms with Gasteiger partial charge in [-0.2, -0.15) is 0 Å². The summed E-state index contributed by atoms with van der Waals surface area (Å²) >= 11 is 0. The van der Waals surface area contributed by atoms with Crippen molar-refractivity contribution < 1.29 is 17.9 Å². The third kappa shape index (κ3) is 8.96. The van der Waals surface area contributed by atoms with E-state index in [1.54, 1.807) is 0 Å². The topological polar surface area (TPSA) is 75.7 Å². The largest absolute Gasteiger partial charge is 0.469 e. The van der Waals surface area contributed by atoms with Crippen molar-refractivity contribution in [2.75, 3.05) is 33.5 Å². The first-order valence-corrected chi connectivity index (χ1v) is 8.04. The van der Waals surface area contributed by atoms with Gasteiger partial charge in [-0.05, 0) is 26.4 Å². The van der Waals surface area contributed by atoms with E-state index >= 15 is 0 Å². The number of carbonyl (C=O) groups excluding carboxylic acids is 1. The number of sulfonamides is 1. The maximum atomic E-state index is 11.9. The Morgan fingerprint density at radius 3 is 2.32 bits per heavy atom. The first-order chi connectivity index (χ1) is 8.68. The molecule has 0 aromatic carbocycles. The Morgan fingerprint density at radius 1 is 1.32 bits per heavy atom. The number of hydrogen-bond acceptors (Lipinski definition) is 5. The van der Waals surface area contributed by atoms with Crippen LogP contribution in [0.15, 0.2) is 0 Å². The van der Waals surface area contributed by atoms with Crippen molar-refractivity contribution in [1.82, 2.24) is 9.62 Å². The van der Waals surface area contributed by atoms with Gasteiger partial charge in [0.05, 0.1) is 12.9 Å². The molecule has 0 aliphatic rings. The second-order valence-corrected chi connectivity index (χ2v) is 7.10. The van der Waals surface area contributed by atoms with Gasteiger partial charge < -0.3 is 9.64 Å². The minimum absolute atomic E-state index is 0.0568. The summed E-state index contributed by atoms with van der Waals surface area (Å²) in [7, 11) is 1.74. The van der Waals surface area contributed by atoms with Crippen molar-refractivity contribution in [2.45, 2.75) is 32.7 Å². The first-order valence-electron chi connectivity index (χ1n) is 6.39. The third-order valence-electron chi connectivity index (χ3n) is 2.72. The highest BCUT2D eigenvalue weighted by molar-refractivity contribution is 7.89. The molecule has 0 spiro atoms. The molecule has 6 nitrogen and oxygen atoms in total. The summed E-state index contributed by atoms with van der Waals surface area (Å²) in [6, 6.07) is -0.127. The minimum Gasteiger partial charge on any atom is -0.469 e. The number of ether oxygens (including phenoxy) is 1. The lowest BCUT2D eigenvalue weighted by atomic mass is 10.1. The molecule has 0 saturated carbocycles. The van der Waals surface area contributed by atoms with Crippen molar-refractivity contribution in [3.05, 3.63) is 0 Å². The monoisotopic (exact) mass is 294 g/mol. The smallest absolute Gasteiger partial charge is 0.305 e. The molecule has 0 rings (SSSR count). The van der Waals surface area contributed by atoms with Crippen LogP contribution in [-0.4, -0.2) is 58.8 Å². The van der Waals surface area contributed by atoms with Gasteiger partial charge in [-0.25, -0.2) is 13.1 Å². The Hall–Kier alpha value is -0.660. The molecule has 0 aliphatic heterocycles. The molecule has 0 radical (unpaired) electrons. The lowest BCUT2D eigenvalue weighted by Gasteiger charge is -2.25. The third-order valence-corrected chi connectivity index (χ3v) is 4.21. The number of nitrogens with one attached hydrogen (secondary N) is 1. The number of nitrogens with zero attached hydrogens (tertiary/aromatic N) is 1. The molecule has 7 heteroatoms. The normalized spacial score (nSPS) is 13.8. The zero-order valence-electron chi connectivity index (χ0n) is 12.5. The number of carbonyl (C=O) groups is 1. The zero-order valence-corrected chi connectivity index (χ0v) is 13.3. The number of rotatable bonds is 9. The molecule has 1 unspecified atom stereocenters. The summed E-state index contributed by atoms with van der Waals surface area (Å²) in [4.78, 5) is 12.9. The van der Waals surface area contributed by atoms with Crippen molar-refractivity contribution in [1.29, 1.82) is 0 Å². The van der Waals surface area contributed by atoms with Crippen molar-refractivity contribution in [2.24, 2.45) is 5.92 Å². The second kappa shape index (κ2) is 8.50. The Bertz CT molecular complexity index is 366. The average molecular weight is 294 g/mol. The number of methoxy groups -OCH3 is 1. The van der Waals surface area contributed by atoms with Crippen LogP contribution in [0.3, 0.4) is 0 Å². The molecule has 0 bridgehead atoms. The Kier molecular flexibility index (Phi) is 8.20. The van der Waals surface area contributed by atoms with Crippen LogP contribution in [0, 0.1) is 5.92 Å². The minimum atomic E-state index is -3.36. The van der Waals surface area contributed by atoms with Crippen LogP contribution in [0.2, 0.25) is 0 Å². The van der Waals surface area contributed by atoms with Gasteiger partial charge in [-0.15, -0.1) is 0 Å².